The highest BCUT2D eigenvalue weighted by Crippen LogP contribution is 2.51. The van der Waals surface area contributed by atoms with Crippen LogP contribution >= 0.6 is 0 Å². The number of nitrogens with zero attached hydrogens (tertiary/aromatic N) is 1. The first-order valence-electron chi connectivity index (χ1n) is 13.7. The molecule has 0 spiro atoms. The van der Waals surface area contributed by atoms with Crippen LogP contribution in [0.4, 0.5) is 14.5 Å². The highest BCUT2D eigenvalue weighted by atomic mass is 19.1. The Labute approximate surface area is 242 Å². The number of halogens is 2. The van der Waals surface area contributed by atoms with Crippen molar-refractivity contribution < 1.29 is 32.6 Å². The molecular weight excluding hydrogens is 542 g/mol. The van der Waals surface area contributed by atoms with Crippen molar-refractivity contribution in [2.24, 2.45) is 11.7 Å². The Morgan fingerprint density at radius 2 is 1.52 bits per heavy atom. The van der Waals surface area contributed by atoms with Gasteiger partial charge in [0.25, 0.3) is 0 Å². The van der Waals surface area contributed by atoms with Gasteiger partial charge in [-0.25, -0.2) is 13.6 Å². The number of para-hydroxylation sites is 1. The van der Waals surface area contributed by atoms with Gasteiger partial charge in [0.1, 0.15) is 23.4 Å². The molecule has 0 aromatic heterocycles. The van der Waals surface area contributed by atoms with Crippen molar-refractivity contribution in [3.8, 4) is 0 Å². The second kappa shape index (κ2) is 12.0. The summed E-state index contributed by atoms with van der Waals surface area (Å²) in [5, 5.41) is 0. The topological polar surface area (TPSA) is 98.9 Å². The van der Waals surface area contributed by atoms with Crippen LogP contribution in [-0.4, -0.2) is 30.9 Å². The van der Waals surface area contributed by atoms with Crippen molar-refractivity contribution in [2.75, 3.05) is 18.1 Å². The van der Waals surface area contributed by atoms with Gasteiger partial charge < -0.3 is 15.2 Å². The molecule has 1 heterocycles. The largest absolute Gasteiger partial charge is 0.465 e. The molecule has 2 aliphatic rings. The smallest absolute Gasteiger partial charge is 0.338 e. The van der Waals surface area contributed by atoms with Crippen molar-refractivity contribution >= 4 is 23.4 Å². The molecule has 0 bridgehead atoms. The van der Waals surface area contributed by atoms with Crippen molar-refractivity contribution in [1.29, 1.82) is 0 Å². The molecule has 9 heteroatoms. The molecule has 0 saturated heterocycles. The van der Waals surface area contributed by atoms with Crippen molar-refractivity contribution in [3.05, 3.63) is 124 Å². The molecule has 216 valence electrons. The summed E-state index contributed by atoms with van der Waals surface area (Å²) in [5.41, 5.74) is 8.14. The fourth-order valence-electron chi connectivity index (χ4n) is 5.85. The summed E-state index contributed by atoms with van der Waals surface area (Å²) >= 11 is 0. The quantitative estimate of drug-likeness (QED) is 0.295. The molecule has 0 fully saturated rings. The first-order chi connectivity index (χ1) is 20.3. The maximum Gasteiger partial charge on any atom is 0.338 e. The number of anilines is 1. The summed E-state index contributed by atoms with van der Waals surface area (Å²) in [7, 11) is 0. The van der Waals surface area contributed by atoms with Crippen molar-refractivity contribution in [3.63, 3.8) is 0 Å². The Balaban J connectivity index is 1.83. The van der Waals surface area contributed by atoms with E-state index in [1.54, 1.807) is 32.0 Å². The number of benzene rings is 3. The van der Waals surface area contributed by atoms with Gasteiger partial charge in [-0.3, -0.25) is 14.5 Å². The van der Waals surface area contributed by atoms with Gasteiger partial charge in [-0.15, -0.1) is 0 Å². The van der Waals surface area contributed by atoms with Gasteiger partial charge in [0.05, 0.1) is 30.4 Å². The molecule has 3 aromatic rings. The van der Waals surface area contributed by atoms with E-state index in [4.69, 9.17) is 15.2 Å². The lowest BCUT2D eigenvalue weighted by molar-refractivity contribution is -0.152. The van der Waals surface area contributed by atoms with Crippen LogP contribution in [0.15, 0.2) is 102 Å². The maximum atomic E-state index is 15.4. The number of rotatable bonds is 7. The van der Waals surface area contributed by atoms with Crippen LogP contribution in [0.3, 0.4) is 0 Å². The number of Topliss-reactive ketones (excluding diaryl/α,β-unsaturated/α-hetero) is 1. The third kappa shape index (κ3) is 5.06. The number of hydrogen-bond donors (Lipinski definition) is 1. The van der Waals surface area contributed by atoms with Crippen LogP contribution in [0, 0.1) is 17.6 Å². The molecule has 3 atom stereocenters. The van der Waals surface area contributed by atoms with E-state index in [0.29, 0.717) is 16.8 Å². The fraction of sp³-hybridized carbons (Fsp3) is 0.242. The number of carbonyl (C=O) groups excluding carboxylic acids is 3. The van der Waals surface area contributed by atoms with Crippen LogP contribution in [0.25, 0.3) is 0 Å². The van der Waals surface area contributed by atoms with Crippen LogP contribution < -0.4 is 10.6 Å². The molecule has 2 N–H and O–H groups in total. The highest BCUT2D eigenvalue weighted by molar-refractivity contribution is 6.14. The highest BCUT2D eigenvalue weighted by Gasteiger charge is 2.51. The Bertz CT molecular complexity index is 1580. The number of allylic oxidation sites excluding steroid dienone is 2. The minimum absolute atomic E-state index is 0.00678. The predicted molar refractivity (Wildman–Crippen MR) is 152 cm³/mol. The van der Waals surface area contributed by atoms with Gasteiger partial charge in [0.2, 0.25) is 0 Å². The van der Waals surface area contributed by atoms with Gasteiger partial charge >= 0.3 is 11.9 Å². The van der Waals surface area contributed by atoms with E-state index in [1.165, 1.54) is 47.4 Å². The summed E-state index contributed by atoms with van der Waals surface area (Å²) in [6.45, 7) is 3.33. The molecule has 7 nitrogen and oxygen atoms in total. The van der Waals surface area contributed by atoms with Crippen LogP contribution in [0.1, 0.15) is 43.2 Å². The van der Waals surface area contributed by atoms with E-state index in [0.717, 1.165) is 0 Å². The molecule has 42 heavy (non-hydrogen) atoms. The van der Waals surface area contributed by atoms with E-state index in [2.05, 4.69) is 0 Å². The van der Waals surface area contributed by atoms with E-state index < -0.39 is 47.1 Å². The second-order valence-electron chi connectivity index (χ2n) is 9.97. The number of ether oxygens (including phenoxy) is 2. The molecule has 0 radical (unpaired) electrons. The van der Waals surface area contributed by atoms with E-state index >= 15 is 4.39 Å². The number of carbonyl (C=O) groups is 3. The average molecular weight is 573 g/mol. The summed E-state index contributed by atoms with van der Waals surface area (Å²) < 4.78 is 40.2. The van der Waals surface area contributed by atoms with Gasteiger partial charge in [0, 0.05) is 17.2 Å². The van der Waals surface area contributed by atoms with Crippen LogP contribution in [0.5, 0.6) is 0 Å². The van der Waals surface area contributed by atoms with E-state index in [9.17, 15) is 18.8 Å². The zero-order valence-corrected chi connectivity index (χ0v) is 23.2. The molecule has 0 unspecified atom stereocenters. The van der Waals surface area contributed by atoms with E-state index in [1.807, 2.05) is 18.2 Å². The minimum atomic E-state index is -1.25. The fourth-order valence-corrected chi connectivity index (χ4v) is 5.85. The number of hydrogen-bond acceptors (Lipinski definition) is 7. The summed E-state index contributed by atoms with van der Waals surface area (Å²) in [5.74, 6) is -6.42. The second-order valence-corrected chi connectivity index (χ2v) is 9.97. The molecule has 5 rings (SSSR count). The first-order valence-corrected chi connectivity index (χ1v) is 13.7. The van der Waals surface area contributed by atoms with Gasteiger partial charge in [-0.05, 0) is 55.7 Å². The summed E-state index contributed by atoms with van der Waals surface area (Å²) in [6, 6.07) is 20.2. The number of esters is 2. The number of nitrogens with two attached hydrogens (primary N) is 1. The van der Waals surface area contributed by atoms with Crippen molar-refractivity contribution in [1.82, 2.24) is 0 Å². The lowest BCUT2D eigenvalue weighted by Crippen LogP contribution is -2.46. The molecule has 0 saturated carbocycles. The van der Waals surface area contributed by atoms with E-state index in [-0.39, 0.29) is 42.3 Å². The molecule has 3 aromatic carbocycles. The average Bonchev–Trinajstić information content (AvgIpc) is 2.98. The molecule has 1 aliphatic carbocycles. The van der Waals surface area contributed by atoms with Gasteiger partial charge in [-0.2, -0.15) is 0 Å². The van der Waals surface area contributed by atoms with Crippen LogP contribution in [0.2, 0.25) is 0 Å². The van der Waals surface area contributed by atoms with Crippen molar-refractivity contribution in [2.45, 2.75) is 32.1 Å². The zero-order chi connectivity index (χ0) is 30.0. The predicted octanol–water partition coefficient (Wildman–Crippen LogP) is 5.49. The normalized spacial score (nSPS) is 20.3. The summed E-state index contributed by atoms with van der Waals surface area (Å²) in [6.07, 6.45) is 0.0946. The molecule has 0 amide bonds. The van der Waals surface area contributed by atoms with Gasteiger partial charge in [0.15, 0.2) is 5.78 Å². The Morgan fingerprint density at radius 1 is 0.881 bits per heavy atom. The Morgan fingerprint density at radius 3 is 2.17 bits per heavy atom. The SMILES string of the molecule is CCOC(=O)C1=C(N)N(c2ccccc2F)C2=C(C(=O)[C@@H](C(=O)OCC)[C@H](c3ccccc3)C2)[C@@H]1c1ccc(F)cc1. The van der Waals surface area contributed by atoms with Gasteiger partial charge in [-0.1, -0.05) is 54.6 Å². The lowest BCUT2D eigenvalue weighted by Gasteiger charge is -2.44. The zero-order valence-electron chi connectivity index (χ0n) is 23.2. The third-order valence-electron chi connectivity index (χ3n) is 7.60. The number of ketones is 1. The Hall–Kier alpha value is -4.79. The first kappa shape index (κ1) is 28.7. The van der Waals surface area contributed by atoms with Crippen LogP contribution in [-0.2, 0) is 23.9 Å². The monoisotopic (exact) mass is 572 g/mol. The Kier molecular flexibility index (Phi) is 8.20. The maximum absolute atomic E-state index is 15.4. The standard InChI is InChI=1S/C33H30F2N2O5/c1-3-41-32(39)27-22(19-10-6-5-7-11-19)18-25-28(30(27)38)26(20-14-16-21(34)17-15-20)29(33(40)42-4-2)31(36)37(25)24-13-9-8-12-23(24)35/h5-17,22,26-27H,3-4,18,36H2,1-2H3/t22-,26-,27-/m0/s1. The molecule has 1 aliphatic heterocycles. The molecular formula is C33H30F2N2O5. The third-order valence-corrected chi connectivity index (χ3v) is 7.60. The lowest BCUT2D eigenvalue weighted by atomic mass is 9.67. The summed E-state index contributed by atoms with van der Waals surface area (Å²) in [4.78, 5) is 43.0. The minimum Gasteiger partial charge on any atom is -0.465 e.